The molecule has 11 heteroatoms. The number of amides is 1. The van der Waals surface area contributed by atoms with Crippen LogP contribution in [0.1, 0.15) is 56.9 Å². The molecule has 1 saturated heterocycles. The minimum absolute atomic E-state index is 0.0274. The molecule has 1 aromatic carbocycles. The highest BCUT2D eigenvalue weighted by Crippen LogP contribution is 2.36. The van der Waals surface area contributed by atoms with Gasteiger partial charge in [-0.1, -0.05) is 18.2 Å². The van der Waals surface area contributed by atoms with Crippen molar-refractivity contribution in [2.75, 3.05) is 11.9 Å². The Morgan fingerprint density at radius 1 is 1.08 bits per heavy atom. The van der Waals surface area contributed by atoms with Crippen LogP contribution in [0.4, 0.5) is 14.6 Å². The Kier molecular flexibility index (Phi) is 6.88. The van der Waals surface area contributed by atoms with E-state index in [1.807, 2.05) is 0 Å². The minimum atomic E-state index is -3.39. The summed E-state index contributed by atoms with van der Waals surface area (Å²) < 4.78 is 64.1. The molecule has 0 radical (unpaired) electrons. The Hall–Kier alpha value is -2.76. The van der Waals surface area contributed by atoms with E-state index in [1.165, 1.54) is 24.5 Å². The van der Waals surface area contributed by atoms with Crippen molar-refractivity contribution in [1.29, 1.82) is 0 Å². The summed E-state index contributed by atoms with van der Waals surface area (Å²) in [7, 11) is -3.39. The maximum atomic E-state index is 13.8. The molecule has 1 aromatic heterocycles. The van der Waals surface area contributed by atoms with Crippen LogP contribution in [-0.2, 0) is 24.1 Å². The van der Waals surface area contributed by atoms with Gasteiger partial charge in [-0.3, -0.25) is 9.78 Å². The third-order valence-corrected chi connectivity index (χ3v) is 9.08. The summed E-state index contributed by atoms with van der Waals surface area (Å²) in [4.78, 5) is 22.1. The zero-order valence-electron chi connectivity index (χ0n) is 20.6. The Bertz CT molecular complexity index is 1280. The number of rotatable bonds is 7. The van der Waals surface area contributed by atoms with E-state index in [-0.39, 0.29) is 40.5 Å². The van der Waals surface area contributed by atoms with E-state index in [4.69, 9.17) is 9.47 Å². The van der Waals surface area contributed by atoms with Gasteiger partial charge in [-0.25, -0.2) is 22.2 Å². The summed E-state index contributed by atoms with van der Waals surface area (Å²) in [5.74, 6) is -1.55. The molecule has 1 N–H and O–H groups in total. The lowest BCUT2D eigenvalue weighted by atomic mass is 9.98. The van der Waals surface area contributed by atoms with E-state index in [2.05, 4.69) is 15.3 Å². The van der Waals surface area contributed by atoms with Crippen LogP contribution < -0.4 is 5.32 Å². The Labute approximate surface area is 214 Å². The first-order valence-corrected chi connectivity index (χ1v) is 13.9. The van der Waals surface area contributed by atoms with Crippen molar-refractivity contribution >= 4 is 27.1 Å². The molecule has 8 nitrogen and oxygen atoms in total. The van der Waals surface area contributed by atoms with E-state index in [0.717, 1.165) is 0 Å². The van der Waals surface area contributed by atoms with Gasteiger partial charge in [0.2, 0.25) is 0 Å². The molecule has 5 rings (SSSR count). The van der Waals surface area contributed by atoms with Crippen LogP contribution in [0, 0.1) is 5.92 Å². The number of hydrogen-bond donors (Lipinski definition) is 1. The number of anilines is 1. The van der Waals surface area contributed by atoms with Gasteiger partial charge >= 0.3 is 0 Å². The van der Waals surface area contributed by atoms with E-state index < -0.39 is 39.8 Å². The number of carbonyl (C=O) groups is 1. The van der Waals surface area contributed by atoms with Crippen molar-refractivity contribution in [1.82, 2.24) is 9.97 Å². The highest BCUT2D eigenvalue weighted by Gasteiger charge is 2.37. The summed E-state index contributed by atoms with van der Waals surface area (Å²) in [6, 6.07) is 6.02. The quantitative estimate of drug-likeness (QED) is 0.528. The summed E-state index contributed by atoms with van der Waals surface area (Å²) in [6.07, 6.45) is 2.14. The second-order valence-corrected chi connectivity index (χ2v) is 12.4. The van der Waals surface area contributed by atoms with Gasteiger partial charge in [0.15, 0.2) is 21.4 Å². The smallest absolute Gasteiger partial charge is 0.257 e. The standard InChI is InChI=1S/C26H29F2N3O5S/c1-26(2)35-14-23(36-26)22-12-30-24(13-29-22)31-25(32)19(9-15-10-20(27)21(28)11-15)16-3-5-17(6-4-16)37(33,34)18-7-8-18/h3-6,9,12-13,15,18,20-21,23H,7-8,10-11,14H2,1-2H3,(H,30,31,32)/b19-9+/t15?,20-,21+,23-/m1/s1. The maximum Gasteiger partial charge on any atom is 0.257 e. The van der Waals surface area contributed by atoms with Gasteiger partial charge in [0, 0.05) is 5.57 Å². The number of nitrogens with one attached hydrogen (secondary N) is 1. The summed E-state index contributed by atoms with van der Waals surface area (Å²) in [6.45, 7) is 3.94. The van der Waals surface area contributed by atoms with Gasteiger partial charge < -0.3 is 14.8 Å². The number of hydrogen-bond acceptors (Lipinski definition) is 7. The molecule has 2 saturated carbocycles. The predicted molar refractivity (Wildman–Crippen MR) is 132 cm³/mol. The average molecular weight is 534 g/mol. The number of ether oxygens (including phenoxy) is 2. The van der Waals surface area contributed by atoms with Crippen molar-refractivity contribution in [2.45, 2.75) is 73.9 Å². The molecule has 37 heavy (non-hydrogen) atoms. The van der Waals surface area contributed by atoms with E-state index in [9.17, 15) is 22.0 Å². The molecule has 2 aromatic rings. The van der Waals surface area contributed by atoms with E-state index in [1.54, 1.807) is 32.1 Å². The third-order valence-electron chi connectivity index (χ3n) is 6.80. The number of carbonyl (C=O) groups excluding carboxylic acids is 1. The van der Waals surface area contributed by atoms with Crippen molar-refractivity contribution in [2.24, 2.45) is 5.92 Å². The van der Waals surface area contributed by atoms with Gasteiger partial charge in [-0.2, -0.15) is 0 Å². The molecular weight excluding hydrogens is 504 g/mol. The Morgan fingerprint density at radius 3 is 2.30 bits per heavy atom. The van der Waals surface area contributed by atoms with Crippen LogP contribution in [0.25, 0.3) is 5.57 Å². The normalized spacial score (nSPS) is 27.8. The molecule has 1 aliphatic heterocycles. The summed E-state index contributed by atoms with van der Waals surface area (Å²) in [5, 5.41) is 2.33. The van der Waals surface area contributed by atoms with Crippen molar-refractivity contribution in [3.05, 3.63) is 54.0 Å². The maximum absolute atomic E-state index is 13.8. The van der Waals surface area contributed by atoms with Crippen molar-refractivity contribution < 1.29 is 31.5 Å². The first-order chi connectivity index (χ1) is 17.5. The zero-order valence-corrected chi connectivity index (χ0v) is 21.4. The lowest BCUT2D eigenvalue weighted by molar-refractivity contribution is -0.139. The van der Waals surface area contributed by atoms with E-state index >= 15 is 0 Å². The number of benzene rings is 1. The number of allylic oxidation sites excluding steroid dienone is 1. The Morgan fingerprint density at radius 2 is 1.76 bits per heavy atom. The largest absolute Gasteiger partial charge is 0.347 e. The van der Waals surface area contributed by atoms with Crippen molar-refractivity contribution in [3.8, 4) is 0 Å². The monoisotopic (exact) mass is 533 g/mol. The molecule has 3 aliphatic rings. The number of halogens is 2. The first kappa shape index (κ1) is 25.9. The molecule has 0 spiro atoms. The minimum Gasteiger partial charge on any atom is -0.347 e. The molecule has 0 bridgehead atoms. The summed E-state index contributed by atoms with van der Waals surface area (Å²) >= 11 is 0. The highest BCUT2D eigenvalue weighted by atomic mass is 32.2. The lowest BCUT2D eigenvalue weighted by Crippen LogP contribution is -2.20. The molecule has 3 fully saturated rings. The fourth-order valence-corrected chi connectivity index (χ4v) is 6.28. The number of sulfone groups is 1. The average Bonchev–Trinajstić information content (AvgIpc) is 3.60. The number of nitrogens with zero attached hydrogens (tertiary/aromatic N) is 2. The van der Waals surface area contributed by atoms with E-state index in [0.29, 0.717) is 30.7 Å². The lowest BCUT2D eigenvalue weighted by Gasteiger charge is -2.16. The first-order valence-electron chi connectivity index (χ1n) is 12.3. The number of alkyl halides is 2. The van der Waals surface area contributed by atoms with Crippen LogP contribution >= 0.6 is 0 Å². The van der Waals surface area contributed by atoms with Gasteiger partial charge in [0.25, 0.3) is 5.91 Å². The van der Waals surface area contributed by atoms with Crippen LogP contribution in [0.2, 0.25) is 0 Å². The number of aromatic nitrogens is 2. The highest BCUT2D eigenvalue weighted by molar-refractivity contribution is 7.92. The molecular formula is C26H29F2N3O5S. The molecule has 198 valence electrons. The molecule has 2 aliphatic carbocycles. The van der Waals surface area contributed by atoms with Crippen LogP contribution in [-0.4, -0.2) is 54.3 Å². The van der Waals surface area contributed by atoms with Gasteiger partial charge in [-0.05, 0) is 63.1 Å². The van der Waals surface area contributed by atoms with Gasteiger partial charge in [0.1, 0.15) is 18.4 Å². The molecule has 1 amide bonds. The van der Waals surface area contributed by atoms with Crippen LogP contribution in [0.5, 0.6) is 0 Å². The third kappa shape index (κ3) is 5.73. The zero-order chi connectivity index (χ0) is 26.4. The second-order valence-electron chi connectivity index (χ2n) is 10.2. The van der Waals surface area contributed by atoms with Crippen LogP contribution in [0.3, 0.4) is 0 Å². The van der Waals surface area contributed by atoms with Crippen LogP contribution in [0.15, 0.2) is 47.6 Å². The molecule has 4 atom stereocenters. The second kappa shape index (κ2) is 9.85. The fourth-order valence-electron chi connectivity index (χ4n) is 4.63. The predicted octanol–water partition coefficient (Wildman–Crippen LogP) is 4.35. The fraction of sp³-hybridized carbons (Fsp3) is 0.500. The van der Waals surface area contributed by atoms with Gasteiger partial charge in [0.05, 0.1) is 34.8 Å². The Balaban J connectivity index is 1.36. The molecule has 1 unspecified atom stereocenters. The van der Waals surface area contributed by atoms with Crippen molar-refractivity contribution in [3.63, 3.8) is 0 Å². The van der Waals surface area contributed by atoms with Gasteiger partial charge in [-0.15, -0.1) is 0 Å². The molecule has 2 heterocycles. The SMILES string of the molecule is CC1(C)OC[C@H](c2cnc(NC(=O)/C(=C/C3C[C@@H](F)[C@@H](F)C3)c3ccc(S(=O)(=O)C4CC4)cc3)cn2)O1. The topological polar surface area (TPSA) is 107 Å². The summed E-state index contributed by atoms with van der Waals surface area (Å²) in [5.41, 5.74) is 1.18.